The summed E-state index contributed by atoms with van der Waals surface area (Å²) in [7, 11) is 0. The van der Waals surface area contributed by atoms with Crippen molar-refractivity contribution in [3.05, 3.63) is 65.7 Å². The predicted octanol–water partition coefficient (Wildman–Crippen LogP) is 2.61. The van der Waals surface area contributed by atoms with Crippen LogP contribution >= 0.6 is 0 Å². The molecule has 2 aromatic carbocycles. The van der Waals surface area contributed by atoms with Gasteiger partial charge in [-0.05, 0) is 38.4 Å². The van der Waals surface area contributed by atoms with Gasteiger partial charge in [0, 0.05) is 30.3 Å². The van der Waals surface area contributed by atoms with Gasteiger partial charge in [0.15, 0.2) is 0 Å². The summed E-state index contributed by atoms with van der Waals surface area (Å²) < 4.78 is 11.8. The minimum Gasteiger partial charge on any atom is -0.489 e. The van der Waals surface area contributed by atoms with Crippen LogP contribution in [-0.2, 0) is 16.0 Å². The average molecular weight is 471 g/mol. The van der Waals surface area contributed by atoms with Crippen molar-refractivity contribution in [2.24, 2.45) is 0 Å². The fraction of sp³-hybridized carbons (Fsp3) is 0.360. The first-order chi connectivity index (χ1) is 16.2. The standard InChI is InChI=1S/C21H26N2O3.C4H4O4/c1-21(2)20(24)19(23-9-8-14-6-4-3-5-7-14)15-12-16-18(13-17(15)26-21)25-11-10-22-16;5-3(6)1-2-4(7)8/h3-7,12-13,19-20,22-24H,8-11H2,1-2H3;1-2H,(H,5,6)(H,7,8). The number of carboxylic acid groups (broad SMARTS) is 2. The van der Waals surface area contributed by atoms with Gasteiger partial charge in [0.2, 0.25) is 0 Å². The first kappa shape index (κ1) is 25.1. The number of rotatable bonds is 6. The van der Waals surface area contributed by atoms with Gasteiger partial charge < -0.3 is 35.4 Å². The minimum absolute atomic E-state index is 0.188. The zero-order valence-electron chi connectivity index (χ0n) is 19.2. The SMILES string of the molecule is CC1(C)Oc2cc3c(cc2C(NCCc2ccccc2)C1O)NCCO3.O=C(O)C=CC(=O)O. The van der Waals surface area contributed by atoms with E-state index in [0.717, 1.165) is 42.3 Å². The van der Waals surface area contributed by atoms with E-state index in [1.165, 1.54) is 5.56 Å². The third-order valence-corrected chi connectivity index (χ3v) is 5.51. The molecular formula is C25H30N2O7. The molecule has 2 atom stereocenters. The molecule has 0 amide bonds. The second-order valence-electron chi connectivity index (χ2n) is 8.49. The number of nitrogens with one attached hydrogen (secondary N) is 2. The summed E-state index contributed by atoms with van der Waals surface area (Å²) in [6.45, 7) is 6.06. The largest absolute Gasteiger partial charge is 0.489 e. The first-order valence-corrected chi connectivity index (χ1v) is 11.0. The maximum atomic E-state index is 10.9. The monoisotopic (exact) mass is 470 g/mol. The molecule has 0 spiro atoms. The number of carbonyl (C=O) groups is 2. The lowest BCUT2D eigenvalue weighted by molar-refractivity contribution is -0.134. The van der Waals surface area contributed by atoms with Crippen molar-refractivity contribution in [3.8, 4) is 11.5 Å². The Labute approximate surface area is 198 Å². The number of aliphatic carboxylic acids is 2. The number of hydrogen-bond donors (Lipinski definition) is 5. The molecule has 2 unspecified atom stereocenters. The van der Waals surface area contributed by atoms with Crippen molar-refractivity contribution in [3.63, 3.8) is 0 Å². The molecule has 2 aliphatic rings. The molecule has 9 nitrogen and oxygen atoms in total. The van der Waals surface area contributed by atoms with E-state index in [1.807, 2.05) is 32.0 Å². The highest BCUT2D eigenvalue weighted by atomic mass is 16.5. The number of carboxylic acids is 2. The van der Waals surface area contributed by atoms with Crippen LogP contribution in [0.4, 0.5) is 5.69 Å². The molecular weight excluding hydrogens is 440 g/mol. The fourth-order valence-electron chi connectivity index (χ4n) is 3.81. The van der Waals surface area contributed by atoms with E-state index < -0.39 is 23.6 Å². The molecule has 2 aliphatic heterocycles. The van der Waals surface area contributed by atoms with E-state index in [9.17, 15) is 14.7 Å². The Hall–Kier alpha value is -3.56. The van der Waals surface area contributed by atoms with Crippen LogP contribution in [0, 0.1) is 0 Å². The van der Waals surface area contributed by atoms with Crippen molar-refractivity contribution in [2.45, 2.75) is 38.0 Å². The fourth-order valence-corrected chi connectivity index (χ4v) is 3.81. The normalized spacial score (nSPS) is 19.9. The summed E-state index contributed by atoms with van der Waals surface area (Å²) in [5, 5.41) is 33.4. The highest BCUT2D eigenvalue weighted by Gasteiger charge is 2.43. The summed E-state index contributed by atoms with van der Waals surface area (Å²) in [5.74, 6) is -0.926. The van der Waals surface area contributed by atoms with Crippen LogP contribution in [0.15, 0.2) is 54.6 Å². The van der Waals surface area contributed by atoms with Crippen LogP contribution in [0.25, 0.3) is 0 Å². The van der Waals surface area contributed by atoms with E-state index in [1.54, 1.807) is 0 Å². The van der Waals surface area contributed by atoms with Crippen molar-refractivity contribution >= 4 is 17.6 Å². The number of fused-ring (bicyclic) bond motifs is 2. The predicted molar refractivity (Wildman–Crippen MR) is 126 cm³/mol. The molecule has 4 rings (SSSR count). The van der Waals surface area contributed by atoms with Crippen LogP contribution < -0.4 is 20.1 Å². The quantitative estimate of drug-likeness (QED) is 0.403. The number of benzene rings is 2. The Balaban J connectivity index is 0.000000350. The Bertz CT molecular complexity index is 1020. The molecule has 0 radical (unpaired) electrons. The molecule has 0 aromatic heterocycles. The molecule has 0 bridgehead atoms. The molecule has 2 heterocycles. The van der Waals surface area contributed by atoms with Crippen molar-refractivity contribution in [2.75, 3.05) is 25.0 Å². The summed E-state index contributed by atoms with van der Waals surface area (Å²) >= 11 is 0. The lowest BCUT2D eigenvalue weighted by Gasteiger charge is -2.43. The molecule has 2 aromatic rings. The van der Waals surface area contributed by atoms with Gasteiger partial charge in [-0.2, -0.15) is 0 Å². The highest BCUT2D eigenvalue weighted by molar-refractivity contribution is 5.89. The van der Waals surface area contributed by atoms with Gasteiger partial charge in [0.1, 0.15) is 29.8 Å². The van der Waals surface area contributed by atoms with Crippen molar-refractivity contribution < 1.29 is 34.4 Å². The molecule has 0 aliphatic carbocycles. The molecule has 5 N–H and O–H groups in total. The van der Waals surface area contributed by atoms with Crippen LogP contribution in [0.3, 0.4) is 0 Å². The summed E-state index contributed by atoms with van der Waals surface area (Å²) in [4.78, 5) is 19.1. The van der Waals surface area contributed by atoms with Gasteiger partial charge in [0.05, 0.1) is 11.7 Å². The Morgan fingerprint density at radius 2 is 1.79 bits per heavy atom. The number of anilines is 1. The topological polar surface area (TPSA) is 137 Å². The zero-order valence-corrected chi connectivity index (χ0v) is 19.2. The van der Waals surface area contributed by atoms with Gasteiger partial charge in [-0.1, -0.05) is 30.3 Å². The Morgan fingerprint density at radius 3 is 2.44 bits per heavy atom. The van der Waals surface area contributed by atoms with Crippen LogP contribution in [-0.4, -0.2) is 58.7 Å². The summed E-state index contributed by atoms with van der Waals surface area (Å²) in [6, 6.07) is 14.2. The molecule has 0 fully saturated rings. The highest BCUT2D eigenvalue weighted by Crippen LogP contribution is 2.45. The minimum atomic E-state index is -1.26. The van der Waals surface area contributed by atoms with E-state index in [0.29, 0.717) is 18.8 Å². The van der Waals surface area contributed by atoms with Crippen molar-refractivity contribution in [1.82, 2.24) is 5.32 Å². The van der Waals surface area contributed by atoms with Gasteiger partial charge in [-0.3, -0.25) is 0 Å². The number of aliphatic hydroxyl groups excluding tert-OH is 1. The van der Waals surface area contributed by atoms with Crippen molar-refractivity contribution in [1.29, 1.82) is 0 Å². The Morgan fingerprint density at radius 1 is 1.12 bits per heavy atom. The van der Waals surface area contributed by atoms with Crippen LogP contribution in [0.1, 0.15) is 31.0 Å². The third kappa shape index (κ3) is 6.49. The molecule has 0 saturated heterocycles. The third-order valence-electron chi connectivity index (χ3n) is 5.51. The van der Waals surface area contributed by atoms with E-state index >= 15 is 0 Å². The summed E-state index contributed by atoms with van der Waals surface area (Å²) in [6.07, 6.45) is 1.38. The van der Waals surface area contributed by atoms with Gasteiger partial charge in [-0.15, -0.1) is 0 Å². The smallest absolute Gasteiger partial charge is 0.328 e. The maximum Gasteiger partial charge on any atom is 0.328 e. The van der Waals surface area contributed by atoms with E-state index in [4.69, 9.17) is 19.7 Å². The maximum absolute atomic E-state index is 10.9. The van der Waals surface area contributed by atoms with Gasteiger partial charge in [0.25, 0.3) is 0 Å². The molecule has 182 valence electrons. The van der Waals surface area contributed by atoms with Gasteiger partial charge in [-0.25, -0.2) is 9.59 Å². The second-order valence-corrected chi connectivity index (χ2v) is 8.49. The van der Waals surface area contributed by atoms with Crippen LogP contribution in [0.2, 0.25) is 0 Å². The van der Waals surface area contributed by atoms with E-state index in [-0.39, 0.29) is 6.04 Å². The summed E-state index contributed by atoms with van der Waals surface area (Å²) in [5.41, 5.74) is 2.54. The van der Waals surface area contributed by atoms with Crippen LogP contribution in [0.5, 0.6) is 11.5 Å². The number of ether oxygens (including phenoxy) is 2. The first-order valence-electron chi connectivity index (χ1n) is 11.0. The lowest BCUT2D eigenvalue weighted by atomic mass is 9.86. The lowest BCUT2D eigenvalue weighted by Crippen LogP contribution is -2.52. The molecule has 34 heavy (non-hydrogen) atoms. The molecule has 9 heteroatoms. The average Bonchev–Trinajstić information content (AvgIpc) is 2.80. The van der Waals surface area contributed by atoms with Gasteiger partial charge >= 0.3 is 11.9 Å². The number of aliphatic hydroxyl groups is 1. The molecule has 0 saturated carbocycles. The van der Waals surface area contributed by atoms with E-state index in [2.05, 4.69) is 34.9 Å². The number of hydrogen-bond acceptors (Lipinski definition) is 7. The Kier molecular flexibility index (Phi) is 8.14. The second kappa shape index (κ2) is 11.0. The zero-order chi connectivity index (χ0) is 24.7.